The van der Waals surface area contributed by atoms with Crippen molar-refractivity contribution in [2.45, 2.75) is 17.0 Å². The summed E-state index contributed by atoms with van der Waals surface area (Å²) in [6.07, 6.45) is 0. The van der Waals surface area contributed by atoms with Crippen molar-refractivity contribution < 1.29 is 9.90 Å². The highest BCUT2D eigenvalue weighted by Crippen LogP contribution is 2.30. The lowest BCUT2D eigenvalue weighted by Gasteiger charge is -2.02. The molecule has 0 saturated heterocycles. The Balaban J connectivity index is 1.91. The summed E-state index contributed by atoms with van der Waals surface area (Å²) in [4.78, 5) is 19.5. The van der Waals surface area contributed by atoms with E-state index in [4.69, 9.17) is 16.7 Å². The Kier molecular flexibility index (Phi) is 3.61. The predicted octanol–water partition coefficient (Wildman–Crippen LogP) is 4.37. The molecule has 0 saturated carbocycles. The fraction of sp³-hybridized carbons (Fsp3) is 0.0667. The van der Waals surface area contributed by atoms with Crippen LogP contribution in [0.25, 0.3) is 11.0 Å². The zero-order valence-electron chi connectivity index (χ0n) is 11.1. The Morgan fingerprint density at radius 2 is 2.10 bits per heavy atom. The highest BCUT2D eigenvalue weighted by atomic mass is 35.5. The van der Waals surface area contributed by atoms with Gasteiger partial charge >= 0.3 is 5.97 Å². The van der Waals surface area contributed by atoms with Gasteiger partial charge < -0.3 is 10.1 Å². The molecule has 6 heteroatoms. The van der Waals surface area contributed by atoms with Gasteiger partial charge in [-0.2, -0.15) is 0 Å². The van der Waals surface area contributed by atoms with Crippen LogP contribution < -0.4 is 0 Å². The second-order valence-corrected chi connectivity index (χ2v) is 6.08. The number of nitrogens with zero attached hydrogens (tertiary/aromatic N) is 1. The van der Waals surface area contributed by atoms with Crippen LogP contribution in [-0.4, -0.2) is 21.0 Å². The van der Waals surface area contributed by atoms with Crippen molar-refractivity contribution in [3.05, 3.63) is 52.5 Å². The average molecular weight is 319 g/mol. The van der Waals surface area contributed by atoms with Gasteiger partial charge in [0.1, 0.15) is 0 Å². The maximum absolute atomic E-state index is 10.9. The molecule has 106 valence electrons. The van der Waals surface area contributed by atoms with E-state index >= 15 is 0 Å². The highest BCUT2D eigenvalue weighted by molar-refractivity contribution is 7.99. The molecule has 0 bridgehead atoms. The fourth-order valence-electron chi connectivity index (χ4n) is 1.99. The summed E-state index contributed by atoms with van der Waals surface area (Å²) in [7, 11) is 0. The van der Waals surface area contributed by atoms with Crippen molar-refractivity contribution in [3.63, 3.8) is 0 Å². The lowest BCUT2D eigenvalue weighted by molar-refractivity contribution is 0.0697. The van der Waals surface area contributed by atoms with Crippen LogP contribution in [0.4, 0.5) is 0 Å². The van der Waals surface area contributed by atoms with Gasteiger partial charge in [-0.05, 0) is 42.8 Å². The van der Waals surface area contributed by atoms with E-state index in [-0.39, 0.29) is 10.6 Å². The molecule has 21 heavy (non-hydrogen) atoms. The summed E-state index contributed by atoms with van der Waals surface area (Å²) in [5, 5.41) is 9.92. The third-order valence-electron chi connectivity index (χ3n) is 3.00. The molecule has 1 heterocycles. The number of H-pyrrole nitrogens is 1. The zero-order chi connectivity index (χ0) is 15.0. The van der Waals surface area contributed by atoms with E-state index in [9.17, 15) is 4.79 Å². The summed E-state index contributed by atoms with van der Waals surface area (Å²) < 4.78 is 0. The van der Waals surface area contributed by atoms with Crippen LogP contribution in [0.5, 0.6) is 0 Å². The number of carbonyl (C=O) groups is 1. The number of fused-ring (bicyclic) bond motifs is 1. The summed E-state index contributed by atoms with van der Waals surface area (Å²) in [5.74, 6) is -1.03. The fourth-order valence-corrected chi connectivity index (χ4v) is 3.16. The number of imidazole rings is 1. The van der Waals surface area contributed by atoms with Gasteiger partial charge in [0.2, 0.25) is 0 Å². The van der Waals surface area contributed by atoms with E-state index in [1.165, 1.54) is 17.8 Å². The van der Waals surface area contributed by atoms with Gasteiger partial charge in [-0.25, -0.2) is 9.78 Å². The molecule has 0 spiro atoms. The molecule has 0 amide bonds. The smallest absolute Gasteiger partial charge is 0.337 e. The molecule has 0 aliphatic rings. The first kappa shape index (κ1) is 14.0. The predicted molar refractivity (Wildman–Crippen MR) is 83.4 cm³/mol. The van der Waals surface area contributed by atoms with Gasteiger partial charge in [0.15, 0.2) is 5.16 Å². The molecule has 0 unspecified atom stereocenters. The summed E-state index contributed by atoms with van der Waals surface area (Å²) in [5.41, 5.74) is 3.14. The molecule has 3 aromatic rings. The van der Waals surface area contributed by atoms with Crippen molar-refractivity contribution in [2.24, 2.45) is 0 Å². The van der Waals surface area contributed by atoms with Crippen LogP contribution in [0.15, 0.2) is 46.5 Å². The minimum atomic E-state index is -1.03. The lowest BCUT2D eigenvalue weighted by atomic mass is 10.2. The lowest BCUT2D eigenvalue weighted by Crippen LogP contribution is -1.96. The molecule has 0 aliphatic heterocycles. The molecule has 3 rings (SSSR count). The van der Waals surface area contributed by atoms with E-state index in [1.807, 2.05) is 25.1 Å². The minimum Gasteiger partial charge on any atom is -0.478 e. The standard InChI is InChI=1S/C15H11ClN2O2S/c1-8-2-5-12-13(6-8)18-15(17-12)21-9-3-4-10(14(19)20)11(16)7-9/h2-7H,1H3,(H,17,18)(H,19,20). The van der Waals surface area contributed by atoms with Crippen molar-refractivity contribution in [3.8, 4) is 0 Å². The highest BCUT2D eigenvalue weighted by Gasteiger charge is 2.11. The second kappa shape index (κ2) is 5.42. The normalized spacial score (nSPS) is 11.0. The second-order valence-electron chi connectivity index (χ2n) is 4.61. The monoisotopic (exact) mass is 318 g/mol. The summed E-state index contributed by atoms with van der Waals surface area (Å²) in [6, 6.07) is 10.9. The number of nitrogens with one attached hydrogen (secondary N) is 1. The number of hydrogen-bond donors (Lipinski definition) is 2. The molecule has 1 aromatic heterocycles. The Bertz CT molecular complexity index is 845. The van der Waals surface area contributed by atoms with Crippen LogP contribution in [0.3, 0.4) is 0 Å². The largest absolute Gasteiger partial charge is 0.478 e. The number of aryl methyl sites for hydroxylation is 1. The van der Waals surface area contributed by atoms with E-state index in [0.717, 1.165) is 26.6 Å². The Hall–Kier alpha value is -1.98. The topological polar surface area (TPSA) is 66.0 Å². The average Bonchev–Trinajstić information content (AvgIpc) is 2.79. The molecule has 0 radical (unpaired) electrons. The van der Waals surface area contributed by atoms with Crippen LogP contribution in [-0.2, 0) is 0 Å². The van der Waals surface area contributed by atoms with Crippen LogP contribution in [0.1, 0.15) is 15.9 Å². The number of aromatic amines is 1. The molecular weight excluding hydrogens is 308 g/mol. The number of benzene rings is 2. The first-order valence-corrected chi connectivity index (χ1v) is 7.39. The van der Waals surface area contributed by atoms with Gasteiger partial charge in [-0.15, -0.1) is 0 Å². The molecule has 4 nitrogen and oxygen atoms in total. The van der Waals surface area contributed by atoms with E-state index in [2.05, 4.69) is 9.97 Å². The van der Waals surface area contributed by atoms with Gasteiger partial charge in [-0.3, -0.25) is 0 Å². The van der Waals surface area contributed by atoms with Crippen molar-refractivity contribution in [1.82, 2.24) is 9.97 Å². The van der Waals surface area contributed by atoms with Gasteiger partial charge in [0.25, 0.3) is 0 Å². The molecule has 2 N–H and O–H groups in total. The Morgan fingerprint density at radius 1 is 1.29 bits per heavy atom. The van der Waals surface area contributed by atoms with Crippen LogP contribution in [0, 0.1) is 6.92 Å². The van der Waals surface area contributed by atoms with E-state index in [1.54, 1.807) is 12.1 Å². The van der Waals surface area contributed by atoms with E-state index in [0.29, 0.717) is 0 Å². The Morgan fingerprint density at radius 3 is 2.81 bits per heavy atom. The molecule has 2 aromatic carbocycles. The third kappa shape index (κ3) is 2.89. The van der Waals surface area contributed by atoms with Crippen molar-refractivity contribution in [1.29, 1.82) is 0 Å². The number of hydrogen-bond acceptors (Lipinski definition) is 3. The number of halogens is 1. The van der Waals surface area contributed by atoms with Gasteiger partial charge in [0.05, 0.1) is 21.6 Å². The number of carboxylic acid groups (broad SMARTS) is 1. The minimum absolute atomic E-state index is 0.0984. The molecule has 0 fully saturated rings. The summed E-state index contributed by atoms with van der Waals surface area (Å²) >= 11 is 7.38. The summed E-state index contributed by atoms with van der Waals surface area (Å²) in [6.45, 7) is 2.03. The maximum atomic E-state index is 10.9. The molecular formula is C15H11ClN2O2S. The first-order chi connectivity index (χ1) is 10.0. The molecule has 0 atom stereocenters. The first-order valence-electron chi connectivity index (χ1n) is 6.20. The van der Waals surface area contributed by atoms with Gasteiger partial charge in [0, 0.05) is 4.90 Å². The van der Waals surface area contributed by atoms with Crippen molar-refractivity contribution >= 4 is 40.4 Å². The van der Waals surface area contributed by atoms with Crippen molar-refractivity contribution in [2.75, 3.05) is 0 Å². The maximum Gasteiger partial charge on any atom is 0.337 e. The van der Waals surface area contributed by atoms with Gasteiger partial charge in [-0.1, -0.05) is 29.4 Å². The zero-order valence-corrected chi connectivity index (χ0v) is 12.6. The number of rotatable bonds is 3. The Labute approximate surface area is 130 Å². The quantitative estimate of drug-likeness (QED) is 0.752. The number of aromatic nitrogens is 2. The van der Waals surface area contributed by atoms with E-state index < -0.39 is 5.97 Å². The SMILES string of the molecule is Cc1ccc2nc(Sc3ccc(C(=O)O)c(Cl)c3)[nH]c2c1. The number of aromatic carboxylic acids is 1. The van der Waals surface area contributed by atoms with Crippen LogP contribution in [0.2, 0.25) is 5.02 Å². The molecule has 0 aliphatic carbocycles. The number of carboxylic acids is 1. The third-order valence-corrected chi connectivity index (χ3v) is 4.19. The van der Waals surface area contributed by atoms with Crippen LogP contribution >= 0.6 is 23.4 Å².